The highest BCUT2D eigenvalue weighted by atomic mass is 79.9. The summed E-state index contributed by atoms with van der Waals surface area (Å²) in [6.45, 7) is 2.30. The van der Waals surface area contributed by atoms with Crippen molar-refractivity contribution >= 4 is 15.9 Å². The van der Waals surface area contributed by atoms with Crippen LogP contribution in [-0.2, 0) is 0 Å². The third-order valence-corrected chi connectivity index (χ3v) is 4.07. The first kappa shape index (κ1) is 10.6. The molecule has 12 heavy (non-hydrogen) atoms. The third-order valence-electron chi connectivity index (χ3n) is 3.15. The molecule has 72 valence electrons. The molecule has 1 saturated carbocycles. The van der Waals surface area contributed by atoms with Crippen LogP contribution in [0.4, 0.5) is 0 Å². The van der Waals surface area contributed by atoms with Gasteiger partial charge >= 0.3 is 0 Å². The molecule has 0 heterocycles. The lowest BCUT2D eigenvalue weighted by Crippen LogP contribution is -2.15. The predicted octanol–water partition coefficient (Wildman–Crippen LogP) is 4.38. The molecule has 1 aliphatic rings. The van der Waals surface area contributed by atoms with Gasteiger partial charge in [0.1, 0.15) is 0 Å². The van der Waals surface area contributed by atoms with Gasteiger partial charge in [-0.2, -0.15) is 0 Å². The largest absolute Gasteiger partial charge is 0.0925 e. The third kappa shape index (κ3) is 3.47. The molecule has 0 N–H and O–H groups in total. The highest BCUT2D eigenvalue weighted by molar-refractivity contribution is 9.09. The topological polar surface area (TPSA) is 0 Å². The highest BCUT2D eigenvalue weighted by Gasteiger charge is 2.19. The summed E-state index contributed by atoms with van der Waals surface area (Å²) in [6, 6.07) is 0. The van der Waals surface area contributed by atoms with Gasteiger partial charge in [-0.05, 0) is 24.7 Å². The Hall–Kier alpha value is 0.480. The molecule has 1 aliphatic carbocycles. The van der Waals surface area contributed by atoms with E-state index in [4.69, 9.17) is 0 Å². The van der Waals surface area contributed by atoms with E-state index in [0.29, 0.717) is 0 Å². The van der Waals surface area contributed by atoms with Crippen LogP contribution in [0.15, 0.2) is 0 Å². The fourth-order valence-corrected chi connectivity index (χ4v) is 2.81. The molecule has 0 nitrogen and oxygen atoms in total. The molecule has 0 aromatic heterocycles. The number of rotatable bonds is 4. The van der Waals surface area contributed by atoms with Crippen LogP contribution in [0.5, 0.6) is 0 Å². The molecule has 0 aliphatic heterocycles. The van der Waals surface area contributed by atoms with Gasteiger partial charge < -0.3 is 0 Å². The van der Waals surface area contributed by atoms with Gasteiger partial charge in [0.25, 0.3) is 0 Å². The minimum atomic E-state index is 0.989. The van der Waals surface area contributed by atoms with Crippen molar-refractivity contribution in [3.63, 3.8) is 0 Å². The molecule has 0 amide bonds. The Morgan fingerprint density at radius 1 is 1.08 bits per heavy atom. The quantitative estimate of drug-likeness (QED) is 0.632. The van der Waals surface area contributed by atoms with Crippen molar-refractivity contribution in [2.24, 2.45) is 11.8 Å². The maximum Gasteiger partial charge on any atom is 0.00596 e. The van der Waals surface area contributed by atoms with E-state index in [2.05, 4.69) is 22.9 Å². The highest BCUT2D eigenvalue weighted by Crippen LogP contribution is 2.32. The second-order valence-corrected chi connectivity index (χ2v) is 4.83. The number of hydrogen-bond acceptors (Lipinski definition) is 0. The first-order valence-corrected chi connectivity index (χ1v) is 6.55. The van der Waals surface area contributed by atoms with Crippen molar-refractivity contribution < 1.29 is 0 Å². The Kier molecular flexibility index (Phi) is 5.29. The van der Waals surface area contributed by atoms with Crippen LogP contribution in [0, 0.1) is 11.8 Å². The standard InChI is InChI=1S/C11H21Br/c1-2-3-4-10-5-7-11(9-12)8-6-10/h10-11H,2-9H2,1H3. The summed E-state index contributed by atoms with van der Waals surface area (Å²) in [6.07, 6.45) is 10.2. The first-order chi connectivity index (χ1) is 5.86. The lowest BCUT2D eigenvalue weighted by atomic mass is 9.81. The average Bonchev–Trinajstić information content (AvgIpc) is 2.15. The molecule has 0 bridgehead atoms. The van der Waals surface area contributed by atoms with Crippen LogP contribution in [0.1, 0.15) is 51.9 Å². The Labute approximate surface area is 85.3 Å². The van der Waals surface area contributed by atoms with Gasteiger partial charge in [-0.25, -0.2) is 0 Å². The molecule has 0 unspecified atom stereocenters. The van der Waals surface area contributed by atoms with Crippen LogP contribution >= 0.6 is 15.9 Å². The molecule has 1 rings (SSSR count). The Bertz CT molecular complexity index is 104. The summed E-state index contributed by atoms with van der Waals surface area (Å²) in [5, 5.41) is 1.23. The molecule has 0 aromatic carbocycles. The molecule has 0 aromatic rings. The maximum absolute atomic E-state index is 3.58. The fourth-order valence-electron chi connectivity index (χ4n) is 2.17. The van der Waals surface area contributed by atoms with E-state index >= 15 is 0 Å². The van der Waals surface area contributed by atoms with Crippen molar-refractivity contribution in [2.45, 2.75) is 51.9 Å². The van der Waals surface area contributed by atoms with Crippen LogP contribution in [0.25, 0.3) is 0 Å². The lowest BCUT2D eigenvalue weighted by molar-refractivity contribution is 0.277. The SMILES string of the molecule is CCCCC1CCC(CBr)CC1. The molecule has 1 fully saturated rings. The molecule has 1 heteroatoms. The van der Waals surface area contributed by atoms with E-state index in [1.165, 1.54) is 50.3 Å². The Morgan fingerprint density at radius 2 is 1.67 bits per heavy atom. The van der Waals surface area contributed by atoms with Crippen molar-refractivity contribution in [2.75, 3.05) is 5.33 Å². The molecule has 0 saturated heterocycles. The first-order valence-electron chi connectivity index (χ1n) is 5.42. The van der Waals surface area contributed by atoms with E-state index in [-0.39, 0.29) is 0 Å². The zero-order valence-corrected chi connectivity index (χ0v) is 9.78. The number of hydrogen-bond donors (Lipinski definition) is 0. The van der Waals surface area contributed by atoms with Crippen molar-refractivity contribution in [1.29, 1.82) is 0 Å². The van der Waals surface area contributed by atoms with E-state index in [1.54, 1.807) is 0 Å². The zero-order valence-electron chi connectivity index (χ0n) is 8.19. The van der Waals surface area contributed by atoms with Gasteiger partial charge in [0.05, 0.1) is 0 Å². The normalized spacial score (nSPS) is 30.5. The van der Waals surface area contributed by atoms with E-state index in [0.717, 1.165) is 11.8 Å². The van der Waals surface area contributed by atoms with E-state index in [9.17, 15) is 0 Å². The van der Waals surface area contributed by atoms with Gasteiger partial charge in [-0.1, -0.05) is 55.0 Å². The molecule has 0 atom stereocenters. The zero-order chi connectivity index (χ0) is 8.81. The molecular formula is C11H21Br. The van der Waals surface area contributed by atoms with Crippen molar-refractivity contribution in [1.82, 2.24) is 0 Å². The number of unbranched alkanes of at least 4 members (excludes halogenated alkanes) is 1. The van der Waals surface area contributed by atoms with Crippen LogP contribution in [0.3, 0.4) is 0 Å². The van der Waals surface area contributed by atoms with Gasteiger partial charge in [0.2, 0.25) is 0 Å². The predicted molar refractivity (Wildman–Crippen MR) is 58.8 cm³/mol. The van der Waals surface area contributed by atoms with Gasteiger partial charge in [-0.3, -0.25) is 0 Å². The van der Waals surface area contributed by atoms with Gasteiger partial charge in [0.15, 0.2) is 0 Å². The average molecular weight is 233 g/mol. The van der Waals surface area contributed by atoms with Crippen molar-refractivity contribution in [3.05, 3.63) is 0 Å². The van der Waals surface area contributed by atoms with Crippen LogP contribution < -0.4 is 0 Å². The van der Waals surface area contributed by atoms with Gasteiger partial charge in [0, 0.05) is 5.33 Å². The second-order valence-electron chi connectivity index (χ2n) is 4.18. The lowest BCUT2D eigenvalue weighted by Gasteiger charge is -2.27. The second kappa shape index (κ2) is 6.01. The minimum absolute atomic E-state index is 0.989. The summed E-state index contributed by atoms with van der Waals surface area (Å²) < 4.78 is 0. The summed E-state index contributed by atoms with van der Waals surface area (Å²) in [7, 11) is 0. The molecule has 0 spiro atoms. The summed E-state index contributed by atoms with van der Waals surface area (Å²) >= 11 is 3.58. The smallest absolute Gasteiger partial charge is 0.00596 e. The molecule has 0 radical (unpaired) electrons. The Balaban J connectivity index is 2.09. The van der Waals surface area contributed by atoms with E-state index < -0.39 is 0 Å². The van der Waals surface area contributed by atoms with E-state index in [1.807, 2.05) is 0 Å². The fraction of sp³-hybridized carbons (Fsp3) is 1.00. The van der Waals surface area contributed by atoms with Gasteiger partial charge in [-0.15, -0.1) is 0 Å². The summed E-state index contributed by atoms with van der Waals surface area (Å²) in [4.78, 5) is 0. The number of alkyl halides is 1. The summed E-state index contributed by atoms with van der Waals surface area (Å²) in [5.74, 6) is 2.06. The Morgan fingerprint density at radius 3 is 2.17 bits per heavy atom. The monoisotopic (exact) mass is 232 g/mol. The minimum Gasteiger partial charge on any atom is -0.0925 e. The van der Waals surface area contributed by atoms with Crippen LogP contribution in [0.2, 0.25) is 0 Å². The number of halogens is 1. The van der Waals surface area contributed by atoms with Crippen LogP contribution in [-0.4, -0.2) is 5.33 Å². The summed E-state index contributed by atoms with van der Waals surface area (Å²) in [5.41, 5.74) is 0. The maximum atomic E-state index is 3.58. The van der Waals surface area contributed by atoms with Crippen molar-refractivity contribution in [3.8, 4) is 0 Å². The molecular weight excluding hydrogens is 212 g/mol.